The number of hydrazine groups is 1. The van der Waals surface area contributed by atoms with Gasteiger partial charge in [0.15, 0.2) is 5.82 Å². The number of aromatic nitrogens is 1. The lowest BCUT2D eigenvalue weighted by atomic mass is 10.2. The molecule has 0 spiro atoms. The maximum atomic E-state index is 12.8. The van der Waals surface area contributed by atoms with E-state index in [2.05, 4.69) is 4.98 Å². The molecule has 3 N–H and O–H groups in total. The van der Waals surface area contributed by atoms with E-state index >= 15 is 0 Å². The Morgan fingerprint density at radius 2 is 1.53 bits per heavy atom. The van der Waals surface area contributed by atoms with Crippen molar-refractivity contribution in [1.82, 2.24) is 15.1 Å². The molecule has 0 saturated carbocycles. The van der Waals surface area contributed by atoms with Crippen LogP contribution >= 0.6 is 23.2 Å². The molecule has 164 valence electrons. The van der Waals surface area contributed by atoms with E-state index in [-0.39, 0.29) is 6.07 Å². The Bertz CT molecular complexity index is 1080. The highest BCUT2D eigenvalue weighted by Gasteiger charge is 2.33. The van der Waals surface area contributed by atoms with Crippen molar-refractivity contribution < 1.29 is 39.6 Å². The van der Waals surface area contributed by atoms with Gasteiger partial charge in [0, 0.05) is 6.20 Å². The van der Waals surface area contributed by atoms with Gasteiger partial charge in [0.05, 0.1) is 21.2 Å². The lowest BCUT2D eigenvalue weighted by Crippen LogP contribution is -2.42. The van der Waals surface area contributed by atoms with Crippen LogP contribution in [0.15, 0.2) is 35.4 Å². The number of carbonyl (C=O) groups excluding carboxylic acids is 1. The molecule has 16 heteroatoms. The molecule has 0 fully saturated rings. The third-order valence-electron chi connectivity index (χ3n) is 3.24. The number of urea groups is 1. The lowest BCUT2D eigenvalue weighted by molar-refractivity contribution is -0.138. The van der Waals surface area contributed by atoms with Gasteiger partial charge < -0.3 is 0 Å². The minimum atomic E-state index is -4.87. The molecule has 0 atom stereocenters. The number of nitrogens with one attached hydrogen (secondary N) is 3. The van der Waals surface area contributed by atoms with Crippen molar-refractivity contribution >= 4 is 45.1 Å². The zero-order valence-electron chi connectivity index (χ0n) is 14.0. The van der Waals surface area contributed by atoms with E-state index in [0.29, 0.717) is 24.4 Å². The highest BCUT2D eigenvalue weighted by molar-refractivity contribution is 7.90. The highest BCUT2D eigenvalue weighted by Crippen LogP contribution is 2.34. The monoisotopic (exact) mass is 496 g/mol. The fourth-order valence-electron chi connectivity index (χ4n) is 1.89. The van der Waals surface area contributed by atoms with E-state index in [0.717, 1.165) is 0 Å². The van der Waals surface area contributed by atoms with Gasteiger partial charge in [-0.2, -0.15) is 26.3 Å². The summed E-state index contributed by atoms with van der Waals surface area (Å²) in [7, 11) is -4.85. The summed E-state index contributed by atoms with van der Waals surface area (Å²) < 4.78 is 102. The number of pyridine rings is 1. The van der Waals surface area contributed by atoms with E-state index in [1.807, 2.05) is 5.43 Å². The van der Waals surface area contributed by atoms with Gasteiger partial charge in [-0.05, 0) is 24.3 Å². The number of anilines is 1. The van der Waals surface area contributed by atoms with Crippen molar-refractivity contribution in [3.05, 3.63) is 51.6 Å². The molecule has 0 saturated heterocycles. The lowest BCUT2D eigenvalue weighted by Gasteiger charge is -2.14. The third-order valence-corrected chi connectivity index (χ3v) is 5.34. The van der Waals surface area contributed by atoms with Gasteiger partial charge in [-0.25, -0.2) is 28.3 Å². The van der Waals surface area contributed by atoms with E-state index < -0.39 is 60.3 Å². The average Bonchev–Trinajstić information content (AvgIpc) is 2.58. The summed E-state index contributed by atoms with van der Waals surface area (Å²) in [6, 6.07) is 0.429. The number of alkyl halides is 6. The summed E-state index contributed by atoms with van der Waals surface area (Å²) in [5.74, 6) is -0.464. The van der Waals surface area contributed by atoms with Gasteiger partial charge in [0.2, 0.25) is 0 Å². The van der Waals surface area contributed by atoms with E-state index in [1.54, 1.807) is 5.43 Å². The summed E-state index contributed by atoms with van der Waals surface area (Å²) in [5, 5.41) is -1.15. The molecule has 2 rings (SSSR count). The van der Waals surface area contributed by atoms with Crippen molar-refractivity contribution in [1.29, 1.82) is 0 Å². The SMILES string of the molecule is O=C(NNc1ncc(C(F)(F)F)cc1Cl)NS(=O)(=O)c1cc(C(F)(F)F)ccc1Cl. The number of amides is 2. The third kappa shape index (κ3) is 5.79. The molecule has 1 aromatic heterocycles. The minimum Gasteiger partial charge on any atom is -0.279 e. The average molecular weight is 497 g/mol. The molecule has 30 heavy (non-hydrogen) atoms. The number of carbonyl (C=O) groups is 1. The first-order chi connectivity index (χ1) is 13.6. The van der Waals surface area contributed by atoms with Crippen LogP contribution in [0, 0.1) is 0 Å². The Balaban J connectivity index is 2.13. The second-order valence-corrected chi connectivity index (χ2v) is 7.84. The van der Waals surface area contributed by atoms with Crippen LogP contribution in [0.4, 0.5) is 37.0 Å². The Morgan fingerprint density at radius 3 is 2.07 bits per heavy atom. The Morgan fingerprint density at radius 1 is 0.933 bits per heavy atom. The number of rotatable bonds is 4. The molecule has 0 aliphatic rings. The van der Waals surface area contributed by atoms with Crippen LogP contribution in [-0.4, -0.2) is 19.4 Å². The van der Waals surface area contributed by atoms with E-state index in [9.17, 15) is 39.6 Å². The van der Waals surface area contributed by atoms with Crippen LogP contribution in [0.25, 0.3) is 0 Å². The first-order valence-corrected chi connectivity index (χ1v) is 9.53. The highest BCUT2D eigenvalue weighted by atomic mass is 35.5. The van der Waals surface area contributed by atoms with Gasteiger partial charge in [-0.15, -0.1) is 0 Å². The second-order valence-electron chi connectivity index (χ2n) is 5.38. The Hall–Kier alpha value is -2.45. The van der Waals surface area contributed by atoms with Crippen molar-refractivity contribution in [2.75, 3.05) is 5.43 Å². The number of halogens is 8. The summed E-state index contributed by atoms with van der Waals surface area (Å²) in [4.78, 5) is 14.1. The van der Waals surface area contributed by atoms with Crippen LogP contribution in [0.5, 0.6) is 0 Å². The number of hydrogen-bond donors (Lipinski definition) is 3. The summed E-state index contributed by atoms with van der Waals surface area (Å²) in [6.07, 6.45) is -9.20. The largest absolute Gasteiger partial charge is 0.417 e. The second kappa shape index (κ2) is 8.35. The molecule has 1 heterocycles. The van der Waals surface area contributed by atoms with Crippen LogP contribution in [0.2, 0.25) is 10.0 Å². The predicted octanol–water partition coefficient (Wildman–Crippen LogP) is 4.44. The van der Waals surface area contributed by atoms with Gasteiger partial charge in [0.1, 0.15) is 4.90 Å². The summed E-state index contributed by atoms with van der Waals surface area (Å²) in [5.41, 5.74) is 1.18. The number of nitrogens with zero attached hydrogens (tertiary/aromatic N) is 1. The number of benzene rings is 1. The number of sulfonamides is 1. The minimum absolute atomic E-state index is 0.222. The van der Waals surface area contributed by atoms with Gasteiger partial charge >= 0.3 is 18.4 Å². The van der Waals surface area contributed by atoms with Crippen LogP contribution in [0.3, 0.4) is 0 Å². The summed E-state index contributed by atoms with van der Waals surface area (Å²) >= 11 is 11.2. The van der Waals surface area contributed by atoms with Gasteiger partial charge in [-0.3, -0.25) is 5.43 Å². The van der Waals surface area contributed by atoms with Crippen molar-refractivity contribution in [3.63, 3.8) is 0 Å². The smallest absolute Gasteiger partial charge is 0.279 e. The zero-order valence-corrected chi connectivity index (χ0v) is 16.3. The summed E-state index contributed by atoms with van der Waals surface area (Å²) in [6.45, 7) is 0. The molecule has 2 amide bonds. The van der Waals surface area contributed by atoms with Crippen molar-refractivity contribution in [2.24, 2.45) is 0 Å². The number of hydrogen-bond acceptors (Lipinski definition) is 5. The fraction of sp³-hybridized carbons (Fsp3) is 0.143. The Labute approximate surface area is 174 Å². The molecule has 1 aromatic carbocycles. The van der Waals surface area contributed by atoms with E-state index in [4.69, 9.17) is 23.2 Å². The Kier molecular flexibility index (Phi) is 6.63. The molecular weight excluding hydrogens is 489 g/mol. The van der Waals surface area contributed by atoms with Crippen molar-refractivity contribution in [2.45, 2.75) is 17.2 Å². The van der Waals surface area contributed by atoms with Crippen molar-refractivity contribution in [3.8, 4) is 0 Å². The van der Waals surface area contributed by atoms with Crippen LogP contribution in [0.1, 0.15) is 11.1 Å². The molecule has 2 aromatic rings. The fourth-order valence-corrected chi connectivity index (χ4v) is 3.54. The van der Waals surface area contributed by atoms with Crippen LogP contribution in [-0.2, 0) is 22.4 Å². The predicted molar refractivity (Wildman–Crippen MR) is 93.2 cm³/mol. The first kappa shape index (κ1) is 23.8. The molecule has 0 aliphatic heterocycles. The van der Waals surface area contributed by atoms with Gasteiger partial charge in [-0.1, -0.05) is 23.2 Å². The van der Waals surface area contributed by atoms with Crippen LogP contribution < -0.4 is 15.6 Å². The molecule has 7 nitrogen and oxygen atoms in total. The normalized spacial score (nSPS) is 12.4. The van der Waals surface area contributed by atoms with Gasteiger partial charge in [0.25, 0.3) is 10.0 Å². The molecular formula is C14H8Cl2F6N4O3S. The first-order valence-electron chi connectivity index (χ1n) is 7.29. The molecule has 0 bridgehead atoms. The molecule has 0 unspecified atom stereocenters. The molecule has 0 radical (unpaired) electrons. The van der Waals surface area contributed by atoms with E-state index in [1.165, 1.54) is 4.72 Å². The quantitative estimate of drug-likeness (QED) is 0.429. The zero-order chi connectivity index (χ0) is 22.9. The maximum Gasteiger partial charge on any atom is 0.417 e. The topological polar surface area (TPSA) is 100 Å². The standard InChI is InChI=1S/C14H8Cl2F6N4O3S/c15-8-2-1-6(13(17,18)19)4-10(8)30(28,29)26-12(27)25-24-11-9(16)3-7(5-23-11)14(20,21)22/h1-5H,(H,23,24)(H2,25,26,27). The molecule has 0 aliphatic carbocycles. The maximum absolute atomic E-state index is 12.8.